The molecule has 0 saturated heterocycles. The van der Waals surface area contributed by atoms with Gasteiger partial charge < -0.3 is 9.84 Å². The number of aryl methyl sites for hydroxylation is 1. The second-order valence-corrected chi connectivity index (χ2v) is 6.57. The van der Waals surface area contributed by atoms with Gasteiger partial charge in [0.25, 0.3) is 5.91 Å². The van der Waals surface area contributed by atoms with Gasteiger partial charge in [0.15, 0.2) is 5.82 Å². The fourth-order valence-electron chi connectivity index (χ4n) is 2.29. The summed E-state index contributed by atoms with van der Waals surface area (Å²) in [6.45, 7) is 1.70. The van der Waals surface area contributed by atoms with E-state index >= 15 is 0 Å². The van der Waals surface area contributed by atoms with Crippen molar-refractivity contribution >= 4 is 23.4 Å². The largest absolute Gasteiger partial charge is 0.416 e. The summed E-state index contributed by atoms with van der Waals surface area (Å²) in [4.78, 5) is 17.3. The number of hydrogen-bond donors (Lipinski definition) is 1. The molecule has 0 spiro atoms. The van der Waals surface area contributed by atoms with E-state index in [2.05, 4.69) is 15.5 Å². The van der Waals surface area contributed by atoms with Gasteiger partial charge in [0.2, 0.25) is 5.89 Å². The molecule has 3 aromatic rings. The molecule has 3 rings (SSSR count). The Bertz CT molecular complexity index is 957. The molecule has 5 nitrogen and oxygen atoms in total. The standard InChI is InChI=1S/C18H14F3N3O2S/c1-11-22-16(26-24-11)10-27-15-8-3-2-7-14(15)17(25)23-13-6-4-5-12(9-13)18(19,20)21/h2-9H,10H2,1H3,(H,23,25). The second kappa shape index (κ2) is 7.83. The number of nitrogens with one attached hydrogen (secondary N) is 1. The number of hydrogen-bond acceptors (Lipinski definition) is 5. The Kier molecular flexibility index (Phi) is 5.50. The van der Waals surface area contributed by atoms with Gasteiger partial charge in [0.1, 0.15) is 0 Å². The van der Waals surface area contributed by atoms with Crippen molar-refractivity contribution in [2.24, 2.45) is 0 Å². The van der Waals surface area contributed by atoms with Crippen LogP contribution in [0.2, 0.25) is 0 Å². The monoisotopic (exact) mass is 393 g/mol. The van der Waals surface area contributed by atoms with Gasteiger partial charge in [-0.05, 0) is 37.3 Å². The fourth-order valence-corrected chi connectivity index (χ4v) is 3.18. The maximum absolute atomic E-state index is 12.8. The highest BCUT2D eigenvalue weighted by Gasteiger charge is 2.30. The van der Waals surface area contributed by atoms with Crippen molar-refractivity contribution in [1.82, 2.24) is 10.1 Å². The molecular formula is C18H14F3N3O2S. The van der Waals surface area contributed by atoms with Crippen LogP contribution in [0, 0.1) is 6.92 Å². The van der Waals surface area contributed by atoms with E-state index in [-0.39, 0.29) is 5.69 Å². The normalized spacial score (nSPS) is 11.4. The summed E-state index contributed by atoms with van der Waals surface area (Å²) < 4.78 is 43.5. The minimum absolute atomic E-state index is 0.0714. The number of carbonyl (C=O) groups is 1. The topological polar surface area (TPSA) is 68.0 Å². The molecule has 1 amide bonds. The highest BCUT2D eigenvalue weighted by molar-refractivity contribution is 7.98. The van der Waals surface area contributed by atoms with Crippen molar-refractivity contribution in [3.8, 4) is 0 Å². The van der Waals surface area contributed by atoms with Gasteiger partial charge in [-0.1, -0.05) is 23.4 Å². The third kappa shape index (κ3) is 4.88. The van der Waals surface area contributed by atoms with Gasteiger partial charge in [0, 0.05) is 10.6 Å². The molecule has 2 aromatic carbocycles. The molecule has 1 heterocycles. The molecule has 0 atom stereocenters. The zero-order valence-corrected chi connectivity index (χ0v) is 14.9. The molecule has 0 fully saturated rings. The van der Waals surface area contributed by atoms with E-state index in [4.69, 9.17) is 4.52 Å². The zero-order chi connectivity index (χ0) is 19.4. The lowest BCUT2D eigenvalue weighted by Crippen LogP contribution is -2.14. The molecule has 0 saturated carbocycles. The maximum atomic E-state index is 12.8. The fraction of sp³-hybridized carbons (Fsp3) is 0.167. The van der Waals surface area contributed by atoms with Crippen LogP contribution in [0.4, 0.5) is 18.9 Å². The highest BCUT2D eigenvalue weighted by atomic mass is 32.2. The second-order valence-electron chi connectivity index (χ2n) is 5.55. The number of alkyl halides is 3. The van der Waals surface area contributed by atoms with E-state index in [1.165, 1.54) is 23.9 Å². The number of aromatic nitrogens is 2. The number of benzene rings is 2. The van der Waals surface area contributed by atoms with Gasteiger partial charge >= 0.3 is 6.18 Å². The predicted molar refractivity (Wildman–Crippen MR) is 94.4 cm³/mol. The minimum atomic E-state index is -4.48. The number of amides is 1. The van der Waals surface area contributed by atoms with Gasteiger partial charge in [-0.3, -0.25) is 4.79 Å². The summed E-state index contributed by atoms with van der Waals surface area (Å²) in [7, 11) is 0. The quantitative estimate of drug-likeness (QED) is 0.622. The summed E-state index contributed by atoms with van der Waals surface area (Å²) in [6.07, 6.45) is -4.48. The molecule has 0 aliphatic carbocycles. The third-order valence-electron chi connectivity index (χ3n) is 3.50. The Hall–Kier alpha value is -2.81. The molecule has 1 N–H and O–H groups in total. The van der Waals surface area contributed by atoms with Crippen molar-refractivity contribution in [1.29, 1.82) is 0 Å². The molecule has 1 aromatic heterocycles. The lowest BCUT2D eigenvalue weighted by atomic mass is 10.1. The van der Waals surface area contributed by atoms with Crippen LogP contribution in [0.5, 0.6) is 0 Å². The average Bonchev–Trinajstić information content (AvgIpc) is 3.05. The molecule has 0 unspecified atom stereocenters. The van der Waals surface area contributed by atoms with Gasteiger partial charge in [-0.15, -0.1) is 11.8 Å². The van der Waals surface area contributed by atoms with E-state index < -0.39 is 17.6 Å². The third-order valence-corrected chi connectivity index (χ3v) is 4.56. The number of rotatable bonds is 5. The van der Waals surface area contributed by atoms with Crippen molar-refractivity contribution in [2.45, 2.75) is 23.7 Å². The Morgan fingerprint density at radius 1 is 1.19 bits per heavy atom. The smallest absolute Gasteiger partial charge is 0.338 e. The summed E-state index contributed by atoms with van der Waals surface area (Å²) >= 11 is 1.32. The van der Waals surface area contributed by atoms with E-state index in [1.54, 1.807) is 31.2 Å². The van der Waals surface area contributed by atoms with Gasteiger partial charge in [-0.2, -0.15) is 18.2 Å². The summed E-state index contributed by atoms with van der Waals surface area (Å²) in [5.41, 5.74) is -0.409. The summed E-state index contributed by atoms with van der Waals surface area (Å²) in [5, 5.41) is 6.21. The number of anilines is 1. The van der Waals surface area contributed by atoms with E-state index in [0.29, 0.717) is 27.9 Å². The maximum Gasteiger partial charge on any atom is 0.416 e. The molecule has 27 heavy (non-hydrogen) atoms. The molecule has 9 heteroatoms. The van der Waals surface area contributed by atoms with Crippen LogP contribution in [0.3, 0.4) is 0 Å². The van der Waals surface area contributed by atoms with Crippen LogP contribution in [0.25, 0.3) is 0 Å². The van der Waals surface area contributed by atoms with Crippen LogP contribution in [0.1, 0.15) is 27.6 Å². The first-order chi connectivity index (χ1) is 12.8. The first-order valence-electron chi connectivity index (χ1n) is 7.82. The first kappa shape index (κ1) is 19.0. The highest BCUT2D eigenvalue weighted by Crippen LogP contribution is 2.31. The van der Waals surface area contributed by atoms with Gasteiger partial charge in [0.05, 0.1) is 16.9 Å². The lowest BCUT2D eigenvalue weighted by Gasteiger charge is -2.11. The van der Waals surface area contributed by atoms with Crippen LogP contribution in [0.15, 0.2) is 57.9 Å². The Morgan fingerprint density at radius 2 is 1.96 bits per heavy atom. The Balaban J connectivity index is 1.75. The molecule has 0 aliphatic rings. The van der Waals surface area contributed by atoms with Crippen molar-refractivity contribution in [2.75, 3.05) is 5.32 Å². The predicted octanol–water partition coefficient (Wildman–Crippen LogP) is 4.94. The Morgan fingerprint density at radius 3 is 2.67 bits per heavy atom. The van der Waals surface area contributed by atoms with E-state index in [0.717, 1.165) is 12.1 Å². The SMILES string of the molecule is Cc1noc(CSc2ccccc2C(=O)Nc2cccc(C(F)(F)F)c2)n1. The zero-order valence-electron chi connectivity index (χ0n) is 14.1. The summed E-state index contributed by atoms with van der Waals surface area (Å²) in [5.74, 6) is 0.806. The lowest BCUT2D eigenvalue weighted by molar-refractivity contribution is -0.137. The van der Waals surface area contributed by atoms with Crippen LogP contribution < -0.4 is 5.32 Å². The molecular weight excluding hydrogens is 379 g/mol. The number of nitrogens with zero attached hydrogens (tertiary/aromatic N) is 2. The van der Waals surface area contributed by atoms with E-state index in [1.807, 2.05) is 0 Å². The number of halogens is 3. The van der Waals surface area contributed by atoms with Crippen molar-refractivity contribution < 1.29 is 22.5 Å². The Labute approximate surface area is 157 Å². The van der Waals surface area contributed by atoms with E-state index in [9.17, 15) is 18.0 Å². The van der Waals surface area contributed by atoms with Crippen LogP contribution in [-0.4, -0.2) is 16.0 Å². The summed E-state index contributed by atoms with van der Waals surface area (Å²) in [6, 6.07) is 11.3. The molecule has 0 bridgehead atoms. The van der Waals surface area contributed by atoms with Gasteiger partial charge in [-0.25, -0.2) is 0 Å². The minimum Gasteiger partial charge on any atom is -0.338 e. The molecule has 0 aliphatic heterocycles. The number of carbonyl (C=O) groups excluding carboxylic acids is 1. The number of thioether (sulfide) groups is 1. The average molecular weight is 393 g/mol. The molecule has 140 valence electrons. The van der Waals surface area contributed by atoms with Crippen LogP contribution >= 0.6 is 11.8 Å². The molecule has 0 radical (unpaired) electrons. The first-order valence-corrected chi connectivity index (χ1v) is 8.81. The van der Waals surface area contributed by atoms with Crippen molar-refractivity contribution in [3.05, 3.63) is 71.4 Å². The van der Waals surface area contributed by atoms with Crippen molar-refractivity contribution in [3.63, 3.8) is 0 Å². The van der Waals surface area contributed by atoms with Crippen LogP contribution in [-0.2, 0) is 11.9 Å².